The number of aromatic amines is 1. The summed E-state index contributed by atoms with van der Waals surface area (Å²) in [6.07, 6.45) is 1.53. The minimum atomic E-state index is -0.305. The molecule has 16 heavy (non-hydrogen) atoms. The zero-order valence-electron chi connectivity index (χ0n) is 9.43. The molecule has 0 aliphatic heterocycles. The third-order valence-electron chi connectivity index (χ3n) is 2.28. The van der Waals surface area contributed by atoms with Crippen molar-refractivity contribution in [1.82, 2.24) is 25.6 Å². The molecule has 2 aromatic rings. The zero-order valence-corrected chi connectivity index (χ0v) is 9.43. The molecular weight excluding hydrogens is 208 g/mol. The van der Waals surface area contributed by atoms with E-state index < -0.39 is 0 Å². The topological polar surface area (TPSA) is 107 Å². The molecular formula is C9H14N6O. The predicted molar refractivity (Wildman–Crippen MR) is 56.1 cm³/mol. The normalized spacial score (nSPS) is 14.0. The molecule has 0 aromatic carbocycles. The first-order valence-corrected chi connectivity index (χ1v) is 4.94. The van der Waals surface area contributed by atoms with E-state index in [1.165, 1.54) is 6.20 Å². The van der Waals surface area contributed by atoms with Crippen molar-refractivity contribution in [3.63, 3.8) is 0 Å². The Hall–Kier alpha value is -1.76. The van der Waals surface area contributed by atoms with Gasteiger partial charge in [-0.25, -0.2) is 0 Å². The number of nitrogens with two attached hydrogens (primary N) is 1. The van der Waals surface area contributed by atoms with Crippen molar-refractivity contribution in [2.45, 2.75) is 26.8 Å². The largest absolute Gasteiger partial charge is 0.337 e. The van der Waals surface area contributed by atoms with Gasteiger partial charge in [0.05, 0.1) is 12.2 Å². The smallest absolute Gasteiger partial charge is 0.244 e. The lowest BCUT2D eigenvalue weighted by Gasteiger charge is -2.23. The molecule has 0 bridgehead atoms. The highest BCUT2D eigenvalue weighted by atomic mass is 16.5. The summed E-state index contributed by atoms with van der Waals surface area (Å²) in [5, 5.41) is 13.8. The van der Waals surface area contributed by atoms with E-state index in [1.807, 2.05) is 20.8 Å². The molecule has 0 amide bonds. The number of hydrogen-bond acceptors (Lipinski definition) is 6. The zero-order chi connectivity index (χ0) is 11.8. The van der Waals surface area contributed by atoms with Crippen LogP contribution in [0.5, 0.6) is 0 Å². The molecule has 3 N–H and O–H groups in total. The van der Waals surface area contributed by atoms with Gasteiger partial charge in [0.2, 0.25) is 11.7 Å². The van der Waals surface area contributed by atoms with Gasteiger partial charge in [0.25, 0.3) is 0 Å². The number of aromatic nitrogens is 5. The van der Waals surface area contributed by atoms with Crippen LogP contribution in [0, 0.1) is 5.41 Å². The van der Waals surface area contributed by atoms with Crippen molar-refractivity contribution in [3.05, 3.63) is 12.1 Å². The summed E-state index contributed by atoms with van der Waals surface area (Å²) < 4.78 is 5.11. The average molecular weight is 222 g/mol. The van der Waals surface area contributed by atoms with Gasteiger partial charge >= 0.3 is 0 Å². The number of rotatable bonds is 2. The van der Waals surface area contributed by atoms with Crippen LogP contribution in [0.4, 0.5) is 0 Å². The Morgan fingerprint density at radius 3 is 2.75 bits per heavy atom. The van der Waals surface area contributed by atoms with Crippen molar-refractivity contribution in [2.24, 2.45) is 11.1 Å². The van der Waals surface area contributed by atoms with Gasteiger partial charge in [0.15, 0.2) is 5.69 Å². The Balaban J connectivity index is 2.27. The molecule has 0 saturated heterocycles. The van der Waals surface area contributed by atoms with Gasteiger partial charge in [-0.1, -0.05) is 25.9 Å². The fourth-order valence-corrected chi connectivity index (χ4v) is 1.15. The number of H-pyrrole nitrogens is 1. The van der Waals surface area contributed by atoms with Crippen LogP contribution in [0.1, 0.15) is 32.7 Å². The molecule has 2 rings (SSSR count). The van der Waals surface area contributed by atoms with Gasteiger partial charge in [-0.05, 0) is 5.41 Å². The van der Waals surface area contributed by atoms with E-state index in [0.717, 1.165) is 0 Å². The second-order valence-electron chi connectivity index (χ2n) is 4.66. The quantitative estimate of drug-likeness (QED) is 0.781. The van der Waals surface area contributed by atoms with Crippen molar-refractivity contribution in [3.8, 4) is 11.5 Å². The monoisotopic (exact) mass is 222 g/mol. The molecule has 2 heterocycles. The molecule has 0 fully saturated rings. The highest BCUT2D eigenvalue weighted by Gasteiger charge is 2.28. The predicted octanol–water partition coefficient (Wildman–Crippen LogP) is 0.901. The van der Waals surface area contributed by atoms with E-state index in [4.69, 9.17) is 10.3 Å². The van der Waals surface area contributed by atoms with E-state index in [0.29, 0.717) is 17.4 Å². The van der Waals surface area contributed by atoms with Gasteiger partial charge in [-0.2, -0.15) is 20.4 Å². The van der Waals surface area contributed by atoms with Crippen molar-refractivity contribution in [2.75, 3.05) is 0 Å². The highest BCUT2D eigenvalue weighted by Crippen LogP contribution is 2.29. The lowest BCUT2D eigenvalue weighted by Crippen LogP contribution is -2.26. The molecule has 86 valence electrons. The van der Waals surface area contributed by atoms with E-state index in [2.05, 4.69) is 25.6 Å². The van der Waals surface area contributed by atoms with Crippen LogP contribution in [0.2, 0.25) is 0 Å². The van der Waals surface area contributed by atoms with Gasteiger partial charge in [-0.15, -0.1) is 0 Å². The Labute approximate surface area is 92.4 Å². The van der Waals surface area contributed by atoms with Crippen molar-refractivity contribution < 1.29 is 4.52 Å². The maximum Gasteiger partial charge on any atom is 0.244 e. The Morgan fingerprint density at radius 1 is 1.44 bits per heavy atom. The van der Waals surface area contributed by atoms with Crippen LogP contribution >= 0.6 is 0 Å². The maximum atomic E-state index is 6.00. The van der Waals surface area contributed by atoms with Crippen LogP contribution in [0.15, 0.2) is 10.7 Å². The van der Waals surface area contributed by atoms with Crippen LogP contribution in [-0.4, -0.2) is 25.6 Å². The highest BCUT2D eigenvalue weighted by molar-refractivity contribution is 5.44. The molecule has 0 radical (unpaired) electrons. The first kappa shape index (κ1) is 10.7. The Kier molecular flexibility index (Phi) is 2.47. The SMILES string of the molecule is CC(C)(C)[C@H](N)c1nc(-c2cn[nH]n2)no1. The maximum absolute atomic E-state index is 6.00. The van der Waals surface area contributed by atoms with E-state index in [-0.39, 0.29) is 11.5 Å². The first-order chi connectivity index (χ1) is 7.48. The van der Waals surface area contributed by atoms with E-state index >= 15 is 0 Å². The standard InChI is InChI=1S/C9H14N6O/c1-9(2,3)6(10)8-12-7(14-16-8)5-4-11-15-13-5/h4,6H,10H2,1-3H3,(H,11,13,15)/t6-/m1/s1. The summed E-state index contributed by atoms with van der Waals surface area (Å²) >= 11 is 0. The summed E-state index contributed by atoms with van der Waals surface area (Å²) in [6, 6.07) is -0.305. The second-order valence-corrected chi connectivity index (χ2v) is 4.66. The number of nitrogens with one attached hydrogen (secondary N) is 1. The molecule has 0 aliphatic carbocycles. The third kappa shape index (κ3) is 1.94. The van der Waals surface area contributed by atoms with Crippen LogP contribution in [0.3, 0.4) is 0 Å². The van der Waals surface area contributed by atoms with Crippen molar-refractivity contribution in [1.29, 1.82) is 0 Å². The fraction of sp³-hybridized carbons (Fsp3) is 0.556. The average Bonchev–Trinajstić information content (AvgIpc) is 2.85. The van der Waals surface area contributed by atoms with Crippen LogP contribution in [-0.2, 0) is 0 Å². The lowest BCUT2D eigenvalue weighted by atomic mass is 9.87. The van der Waals surface area contributed by atoms with Gasteiger partial charge in [0.1, 0.15) is 0 Å². The molecule has 0 aliphatic rings. The summed E-state index contributed by atoms with van der Waals surface area (Å²) in [5.74, 6) is 0.800. The molecule has 7 nitrogen and oxygen atoms in total. The van der Waals surface area contributed by atoms with Gasteiger partial charge < -0.3 is 10.3 Å². The second kappa shape index (κ2) is 3.67. The molecule has 0 unspecified atom stereocenters. The minimum absolute atomic E-state index is 0.131. The molecule has 0 saturated carbocycles. The van der Waals surface area contributed by atoms with Crippen LogP contribution < -0.4 is 5.73 Å². The molecule has 2 aromatic heterocycles. The lowest BCUT2D eigenvalue weighted by molar-refractivity contribution is 0.253. The van der Waals surface area contributed by atoms with Crippen LogP contribution in [0.25, 0.3) is 11.5 Å². The Morgan fingerprint density at radius 2 is 2.19 bits per heavy atom. The Bertz CT molecular complexity index is 455. The molecule has 7 heteroatoms. The molecule has 1 atom stereocenters. The molecule has 0 spiro atoms. The number of nitrogens with zero attached hydrogens (tertiary/aromatic N) is 4. The van der Waals surface area contributed by atoms with E-state index in [1.54, 1.807) is 0 Å². The summed E-state index contributed by atoms with van der Waals surface area (Å²) in [4.78, 5) is 4.19. The van der Waals surface area contributed by atoms with Gasteiger partial charge in [-0.3, -0.25) is 0 Å². The summed E-state index contributed by atoms with van der Waals surface area (Å²) in [5.41, 5.74) is 6.41. The van der Waals surface area contributed by atoms with Gasteiger partial charge in [0, 0.05) is 0 Å². The first-order valence-electron chi connectivity index (χ1n) is 4.94. The summed E-state index contributed by atoms with van der Waals surface area (Å²) in [7, 11) is 0. The summed E-state index contributed by atoms with van der Waals surface area (Å²) in [6.45, 7) is 6.03. The van der Waals surface area contributed by atoms with Crippen molar-refractivity contribution >= 4 is 0 Å². The number of hydrogen-bond donors (Lipinski definition) is 2. The minimum Gasteiger partial charge on any atom is -0.337 e. The third-order valence-corrected chi connectivity index (χ3v) is 2.28. The fourth-order valence-electron chi connectivity index (χ4n) is 1.15. The van der Waals surface area contributed by atoms with E-state index in [9.17, 15) is 0 Å².